The first-order valence-electron chi connectivity index (χ1n) is 7.38. The van der Waals surface area contributed by atoms with E-state index in [9.17, 15) is 14.4 Å². The van der Waals surface area contributed by atoms with Crippen LogP contribution in [-0.4, -0.2) is 40.9 Å². The molecule has 0 aromatic heterocycles. The highest BCUT2D eigenvalue weighted by Gasteiger charge is 2.51. The maximum absolute atomic E-state index is 12.5. The Kier molecular flexibility index (Phi) is 4.30. The molecular weight excluding hydrogens is 258 g/mol. The zero-order valence-corrected chi connectivity index (χ0v) is 12.2. The number of carbonyl (C=O) groups excluding carboxylic acids is 3. The van der Waals surface area contributed by atoms with Crippen LogP contribution in [0.4, 0.5) is 4.79 Å². The van der Waals surface area contributed by atoms with Crippen molar-refractivity contribution in [3.63, 3.8) is 0 Å². The second-order valence-electron chi connectivity index (χ2n) is 6.04. The number of imide groups is 1. The van der Waals surface area contributed by atoms with Gasteiger partial charge in [-0.15, -0.1) is 0 Å². The van der Waals surface area contributed by atoms with Gasteiger partial charge in [-0.2, -0.15) is 0 Å². The number of hydrogen-bond donors (Lipinski definition) is 2. The topological polar surface area (TPSA) is 78.5 Å². The molecule has 6 heteroatoms. The Morgan fingerprint density at radius 3 is 2.40 bits per heavy atom. The summed E-state index contributed by atoms with van der Waals surface area (Å²) in [5, 5.41) is 5.53. The molecular formula is C14H23N3O3. The van der Waals surface area contributed by atoms with Gasteiger partial charge in [-0.1, -0.05) is 25.7 Å². The van der Waals surface area contributed by atoms with Crippen molar-refractivity contribution in [2.45, 2.75) is 64.0 Å². The van der Waals surface area contributed by atoms with Crippen molar-refractivity contribution in [2.24, 2.45) is 0 Å². The average Bonchev–Trinajstić information content (AvgIpc) is 2.56. The van der Waals surface area contributed by atoms with Crippen molar-refractivity contribution < 1.29 is 14.4 Å². The lowest BCUT2D eigenvalue weighted by Gasteiger charge is -2.24. The van der Waals surface area contributed by atoms with Crippen LogP contribution in [0.2, 0.25) is 0 Å². The molecule has 4 amide bonds. The lowest BCUT2D eigenvalue weighted by atomic mass is 9.90. The van der Waals surface area contributed by atoms with Crippen LogP contribution >= 0.6 is 0 Å². The molecule has 2 N–H and O–H groups in total. The molecule has 1 saturated carbocycles. The van der Waals surface area contributed by atoms with E-state index >= 15 is 0 Å². The van der Waals surface area contributed by atoms with Crippen LogP contribution in [0.3, 0.4) is 0 Å². The monoisotopic (exact) mass is 281 g/mol. The number of amides is 4. The highest BCUT2D eigenvalue weighted by molar-refractivity contribution is 6.09. The predicted molar refractivity (Wildman–Crippen MR) is 74.0 cm³/mol. The van der Waals surface area contributed by atoms with Crippen molar-refractivity contribution in [2.75, 3.05) is 6.54 Å². The number of carbonyl (C=O) groups is 3. The highest BCUT2D eigenvalue weighted by Crippen LogP contribution is 2.32. The Hall–Kier alpha value is -1.59. The van der Waals surface area contributed by atoms with Gasteiger partial charge in [-0.05, 0) is 26.7 Å². The summed E-state index contributed by atoms with van der Waals surface area (Å²) >= 11 is 0. The molecule has 0 aromatic rings. The van der Waals surface area contributed by atoms with Gasteiger partial charge in [0.2, 0.25) is 5.91 Å². The largest absolute Gasteiger partial charge is 0.352 e. The van der Waals surface area contributed by atoms with Crippen LogP contribution in [0.5, 0.6) is 0 Å². The first-order valence-corrected chi connectivity index (χ1v) is 7.38. The van der Waals surface area contributed by atoms with Crippen LogP contribution in [-0.2, 0) is 9.59 Å². The second kappa shape index (κ2) is 5.81. The lowest BCUT2D eigenvalue weighted by Crippen LogP contribution is -2.47. The Balaban J connectivity index is 2.06. The quantitative estimate of drug-likeness (QED) is 0.762. The third-order valence-electron chi connectivity index (χ3n) is 3.95. The Bertz CT molecular complexity index is 412. The molecule has 1 saturated heterocycles. The molecule has 0 aromatic carbocycles. The van der Waals surface area contributed by atoms with Crippen molar-refractivity contribution >= 4 is 17.8 Å². The molecule has 1 aliphatic heterocycles. The summed E-state index contributed by atoms with van der Waals surface area (Å²) in [5.41, 5.74) is -0.758. The fourth-order valence-corrected chi connectivity index (χ4v) is 3.00. The van der Waals surface area contributed by atoms with Gasteiger partial charge < -0.3 is 10.6 Å². The summed E-state index contributed by atoms with van der Waals surface area (Å²) in [4.78, 5) is 37.3. The number of hydrogen-bond acceptors (Lipinski definition) is 3. The van der Waals surface area contributed by atoms with E-state index in [4.69, 9.17) is 0 Å². The van der Waals surface area contributed by atoms with Crippen LogP contribution in [0.1, 0.15) is 52.4 Å². The molecule has 20 heavy (non-hydrogen) atoms. The van der Waals surface area contributed by atoms with E-state index < -0.39 is 11.6 Å². The molecule has 0 unspecified atom stereocenters. The summed E-state index contributed by atoms with van der Waals surface area (Å²) in [7, 11) is 0. The Labute approximate surface area is 119 Å². The standard InChI is InChI=1S/C14H23N3O3/c1-10(2)15-11(18)9-17-12(19)14(16-13(17)20)7-5-3-4-6-8-14/h10H,3-9H2,1-2H3,(H,15,18)(H,16,20). The van der Waals surface area contributed by atoms with Crippen molar-refractivity contribution in [3.8, 4) is 0 Å². The number of urea groups is 1. The molecule has 1 spiro atoms. The Morgan fingerprint density at radius 1 is 1.25 bits per heavy atom. The molecule has 1 heterocycles. The third kappa shape index (κ3) is 2.94. The molecule has 6 nitrogen and oxygen atoms in total. The van der Waals surface area contributed by atoms with Crippen LogP contribution in [0.15, 0.2) is 0 Å². The SMILES string of the molecule is CC(C)NC(=O)CN1C(=O)NC2(CCCCCC2)C1=O. The molecule has 0 atom stereocenters. The maximum Gasteiger partial charge on any atom is 0.325 e. The zero-order chi connectivity index (χ0) is 14.8. The summed E-state index contributed by atoms with van der Waals surface area (Å²) < 4.78 is 0. The number of nitrogens with one attached hydrogen (secondary N) is 2. The molecule has 2 aliphatic rings. The van der Waals surface area contributed by atoms with E-state index in [2.05, 4.69) is 10.6 Å². The maximum atomic E-state index is 12.5. The summed E-state index contributed by atoms with van der Waals surface area (Å²) in [6.45, 7) is 3.50. The van der Waals surface area contributed by atoms with E-state index in [0.717, 1.165) is 30.6 Å². The first kappa shape index (κ1) is 14.8. The zero-order valence-electron chi connectivity index (χ0n) is 12.2. The van der Waals surface area contributed by atoms with Crippen LogP contribution < -0.4 is 10.6 Å². The van der Waals surface area contributed by atoms with Gasteiger partial charge in [0.25, 0.3) is 5.91 Å². The Morgan fingerprint density at radius 2 is 1.85 bits per heavy atom. The third-order valence-corrected chi connectivity index (χ3v) is 3.95. The molecule has 112 valence electrons. The highest BCUT2D eigenvalue weighted by atomic mass is 16.2. The average molecular weight is 281 g/mol. The summed E-state index contributed by atoms with van der Waals surface area (Å²) in [5.74, 6) is -0.530. The van der Waals surface area contributed by atoms with Crippen molar-refractivity contribution in [1.29, 1.82) is 0 Å². The predicted octanol–water partition coefficient (Wildman–Crippen LogP) is 1.16. The van der Waals surface area contributed by atoms with Gasteiger partial charge in [0.1, 0.15) is 12.1 Å². The van der Waals surface area contributed by atoms with Gasteiger partial charge in [0, 0.05) is 6.04 Å². The van der Waals surface area contributed by atoms with Crippen LogP contribution in [0, 0.1) is 0 Å². The smallest absolute Gasteiger partial charge is 0.325 e. The second-order valence-corrected chi connectivity index (χ2v) is 6.04. The minimum Gasteiger partial charge on any atom is -0.352 e. The fourth-order valence-electron chi connectivity index (χ4n) is 3.00. The molecule has 0 bridgehead atoms. The first-order chi connectivity index (χ1) is 9.44. The summed E-state index contributed by atoms with van der Waals surface area (Å²) in [6, 6.07) is -0.439. The minimum atomic E-state index is -0.758. The minimum absolute atomic E-state index is 0.00453. The summed E-state index contributed by atoms with van der Waals surface area (Å²) in [6.07, 6.45) is 5.44. The van der Waals surface area contributed by atoms with Gasteiger partial charge in [-0.3, -0.25) is 14.5 Å². The van der Waals surface area contributed by atoms with E-state index in [1.54, 1.807) is 0 Å². The van der Waals surface area contributed by atoms with Gasteiger partial charge in [0.15, 0.2) is 0 Å². The molecule has 2 fully saturated rings. The van der Waals surface area contributed by atoms with Gasteiger partial charge in [-0.25, -0.2) is 4.79 Å². The van der Waals surface area contributed by atoms with Gasteiger partial charge in [0.05, 0.1) is 0 Å². The molecule has 1 aliphatic carbocycles. The fraction of sp³-hybridized carbons (Fsp3) is 0.786. The van der Waals surface area contributed by atoms with Crippen molar-refractivity contribution in [1.82, 2.24) is 15.5 Å². The molecule has 0 radical (unpaired) electrons. The van der Waals surface area contributed by atoms with Crippen molar-refractivity contribution in [3.05, 3.63) is 0 Å². The number of rotatable bonds is 3. The van der Waals surface area contributed by atoms with E-state index in [-0.39, 0.29) is 24.4 Å². The lowest BCUT2D eigenvalue weighted by molar-refractivity contribution is -0.135. The number of nitrogens with zero attached hydrogens (tertiary/aromatic N) is 1. The van der Waals surface area contributed by atoms with Crippen LogP contribution in [0.25, 0.3) is 0 Å². The van der Waals surface area contributed by atoms with E-state index in [1.165, 1.54) is 0 Å². The molecule has 2 rings (SSSR count). The van der Waals surface area contributed by atoms with Gasteiger partial charge >= 0.3 is 6.03 Å². The van der Waals surface area contributed by atoms with E-state index in [1.807, 2.05) is 13.8 Å². The van der Waals surface area contributed by atoms with E-state index in [0.29, 0.717) is 12.8 Å². The normalized spacial score (nSPS) is 22.1.